The van der Waals surface area contributed by atoms with E-state index < -0.39 is 10.0 Å². The van der Waals surface area contributed by atoms with Gasteiger partial charge in [-0.05, 0) is 25.0 Å². The van der Waals surface area contributed by atoms with E-state index in [1.165, 1.54) is 17.5 Å². The first-order chi connectivity index (χ1) is 9.66. The van der Waals surface area contributed by atoms with Crippen LogP contribution in [0.2, 0.25) is 5.02 Å². The average molecular weight is 354 g/mol. The lowest BCUT2D eigenvalue weighted by Gasteiger charge is -2.28. The van der Waals surface area contributed by atoms with Crippen LogP contribution in [0.5, 0.6) is 5.75 Å². The van der Waals surface area contributed by atoms with Crippen molar-refractivity contribution in [3.8, 4) is 5.75 Å². The molecule has 1 rings (SSSR count). The number of nitrogens with zero attached hydrogens (tertiary/aromatic N) is 1. The van der Waals surface area contributed by atoms with E-state index in [1.807, 2.05) is 20.8 Å². The molecule has 1 aromatic carbocycles. The normalized spacial score (nSPS) is 13.8. The summed E-state index contributed by atoms with van der Waals surface area (Å²) < 4.78 is 32.2. The molecule has 0 bridgehead atoms. The van der Waals surface area contributed by atoms with Crippen LogP contribution in [0.4, 0.5) is 0 Å². The van der Waals surface area contributed by atoms with E-state index in [2.05, 4.69) is 0 Å². The summed E-state index contributed by atoms with van der Waals surface area (Å²) >= 11 is 11.9. The van der Waals surface area contributed by atoms with Crippen LogP contribution in [0, 0.1) is 5.92 Å². The van der Waals surface area contributed by atoms with Crippen molar-refractivity contribution in [2.75, 3.05) is 14.2 Å². The molecular weight excluding hydrogens is 333 g/mol. The highest BCUT2D eigenvalue weighted by atomic mass is 35.5. The van der Waals surface area contributed by atoms with Crippen LogP contribution in [0.25, 0.3) is 0 Å². The summed E-state index contributed by atoms with van der Waals surface area (Å²) in [6, 6.07) is 2.85. The first kappa shape index (κ1) is 18.6. The molecule has 0 aromatic heterocycles. The molecule has 0 aliphatic carbocycles. The number of methoxy groups -OCH3 is 1. The summed E-state index contributed by atoms with van der Waals surface area (Å²) in [4.78, 5) is 0.0446. The van der Waals surface area contributed by atoms with Crippen LogP contribution in [0.1, 0.15) is 26.3 Å². The lowest BCUT2D eigenvalue weighted by Crippen LogP contribution is -2.38. The van der Waals surface area contributed by atoms with Crippen molar-refractivity contribution in [2.45, 2.75) is 37.6 Å². The largest absolute Gasteiger partial charge is 0.495 e. The Balaban J connectivity index is 3.47. The zero-order valence-corrected chi connectivity index (χ0v) is 15.2. The molecule has 0 saturated heterocycles. The van der Waals surface area contributed by atoms with Crippen LogP contribution >= 0.6 is 23.2 Å². The molecule has 0 heterocycles. The summed E-state index contributed by atoms with van der Waals surface area (Å²) in [7, 11) is -0.739. The molecule has 1 atom stereocenters. The minimum Gasteiger partial charge on any atom is -0.495 e. The first-order valence-corrected chi connectivity index (χ1v) is 8.92. The van der Waals surface area contributed by atoms with E-state index in [4.69, 9.17) is 27.9 Å². The van der Waals surface area contributed by atoms with Gasteiger partial charge in [-0.2, -0.15) is 4.31 Å². The first-order valence-electron chi connectivity index (χ1n) is 6.57. The average Bonchev–Trinajstić information content (AvgIpc) is 2.44. The van der Waals surface area contributed by atoms with Crippen molar-refractivity contribution >= 4 is 33.2 Å². The Kier molecular flexibility index (Phi) is 6.35. The molecule has 0 amide bonds. The van der Waals surface area contributed by atoms with Gasteiger partial charge in [0.2, 0.25) is 10.0 Å². The Morgan fingerprint density at radius 2 is 1.86 bits per heavy atom. The van der Waals surface area contributed by atoms with Crippen LogP contribution in [-0.4, -0.2) is 32.9 Å². The number of halogens is 2. The number of rotatable bonds is 6. The van der Waals surface area contributed by atoms with Crippen molar-refractivity contribution in [2.24, 2.45) is 5.92 Å². The highest BCUT2D eigenvalue weighted by molar-refractivity contribution is 7.89. The summed E-state index contributed by atoms with van der Waals surface area (Å²) in [5.74, 6) is 0.551. The fourth-order valence-electron chi connectivity index (χ4n) is 1.94. The zero-order valence-electron chi connectivity index (χ0n) is 12.9. The highest BCUT2D eigenvalue weighted by Crippen LogP contribution is 2.35. The molecule has 4 nitrogen and oxygen atoms in total. The maximum atomic E-state index is 12.8. The van der Waals surface area contributed by atoms with Gasteiger partial charge in [0.05, 0.1) is 13.0 Å². The molecule has 0 radical (unpaired) electrons. The number of hydrogen-bond acceptors (Lipinski definition) is 3. The van der Waals surface area contributed by atoms with Crippen molar-refractivity contribution < 1.29 is 13.2 Å². The van der Waals surface area contributed by atoms with Crippen molar-refractivity contribution in [1.29, 1.82) is 0 Å². The molecule has 0 aliphatic rings. The molecule has 0 saturated carbocycles. The summed E-state index contributed by atoms with van der Waals surface area (Å²) in [5, 5.41) is 0.315. The molecular formula is C14H21Cl2NO3S. The van der Waals surface area contributed by atoms with Gasteiger partial charge in [0.1, 0.15) is 10.6 Å². The summed E-state index contributed by atoms with van der Waals surface area (Å²) in [6.45, 7) is 5.80. The lowest BCUT2D eigenvalue weighted by atomic mass is 10.1. The smallest absolute Gasteiger partial charge is 0.246 e. The van der Waals surface area contributed by atoms with Gasteiger partial charge in [0.25, 0.3) is 0 Å². The molecule has 0 N–H and O–H groups in total. The fraction of sp³-hybridized carbons (Fsp3) is 0.571. The van der Waals surface area contributed by atoms with Gasteiger partial charge in [-0.15, -0.1) is 11.6 Å². The van der Waals surface area contributed by atoms with E-state index in [0.717, 1.165) is 0 Å². The Morgan fingerprint density at radius 3 is 2.29 bits per heavy atom. The van der Waals surface area contributed by atoms with Crippen molar-refractivity contribution in [1.82, 2.24) is 4.31 Å². The Hall–Kier alpha value is -0.490. The van der Waals surface area contributed by atoms with E-state index in [0.29, 0.717) is 10.6 Å². The topological polar surface area (TPSA) is 46.6 Å². The minimum atomic E-state index is -3.72. The van der Waals surface area contributed by atoms with E-state index in [-0.39, 0.29) is 28.5 Å². The van der Waals surface area contributed by atoms with Crippen molar-refractivity contribution in [3.63, 3.8) is 0 Å². The van der Waals surface area contributed by atoms with Gasteiger partial charge in [0, 0.05) is 23.7 Å². The summed E-state index contributed by atoms with van der Waals surface area (Å²) in [5.41, 5.74) is 0.552. The fourth-order valence-corrected chi connectivity index (χ4v) is 4.16. The van der Waals surface area contributed by atoms with E-state index in [1.54, 1.807) is 13.1 Å². The molecule has 1 aromatic rings. The van der Waals surface area contributed by atoms with Crippen LogP contribution in [0.3, 0.4) is 0 Å². The molecule has 0 spiro atoms. The molecule has 0 fully saturated rings. The monoisotopic (exact) mass is 353 g/mol. The molecule has 120 valence electrons. The SMILES string of the molecule is COc1c(CCl)cc(Cl)cc1S(=O)(=O)N(C)C(C)C(C)C. The number of sulfonamides is 1. The number of benzene rings is 1. The van der Waals surface area contributed by atoms with Gasteiger partial charge in [-0.1, -0.05) is 25.4 Å². The predicted octanol–water partition coefficient (Wildman–Crippen LogP) is 3.75. The zero-order chi connectivity index (χ0) is 16.4. The highest BCUT2D eigenvalue weighted by Gasteiger charge is 2.31. The third-order valence-corrected chi connectivity index (χ3v) is 6.10. The number of alkyl halides is 1. The molecule has 1 unspecified atom stereocenters. The second-order valence-corrected chi connectivity index (χ2v) is 7.91. The minimum absolute atomic E-state index is 0.0446. The molecule has 0 aliphatic heterocycles. The Morgan fingerprint density at radius 1 is 1.29 bits per heavy atom. The van der Waals surface area contributed by atoms with E-state index in [9.17, 15) is 8.42 Å². The Labute approximate surface area is 137 Å². The lowest BCUT2D eigenvalue weighted by molar-refractivity contribution is 0.313. The van der Waals surface area contributed by atoms with E-state index >= 15 is 0 Å². The van der Waals surface area contributed by atoms with Gasteiger partial charge in [0.15, 0.2) is 0 Å². The van der Waals surface area contributed by atoms with Crippen LogP contribution in [0.15, 0.2) is 17.0 Å². The van der Waals surface area contributed by atoms with Gasteiger partial charge < -0.3 is 4.74 Å². The summed E-state index contributed by atoms with van der Waals surface area (Å²) in [6.07, 6.45) is 0. The number of ether oxygens (including phenoxy) is 1. The predicted molar refractivity (Wildman–Crippen MR) is 86.8 cm³/mol. The van der Waals surface area contributed by atoms with Crippen LogP contribution in [-0.2, 0) is 15.9 Å². The molecule has 21 heavy (non-hydrogen) atoms. The van der Waals surface area contributed by atoms with Crippen LogP contribution < -0.4 is 4.74 Å². The maximum Gasteiger partial charge on any atom is 0.246 e. The standard InChI is InChI=1S/C14H21Cl2NO3S/c1-9(2)10(3)17(4)21(18,19)13-7-12(16)6-11(8-15)14(13)20-5/h6-7,9-10H,8H2,1-5H3. The second-order valence-electron chi connectivity index (χ2n) is 5.24. The van der Waals surface area contributed by atoms with Crippen molar-refractivity contribution in [3.05, 3.63) is 22.7 Å². The third kappa shape index (κ3) is 3.83. The Bertz CT molecular complexity index is 602. The third-order valence-electron chi connectivity index (χ3n) is 3.64. The quantitative estimate of drug-likeness (QED) is 0.731. The van der Waals surface area contributed by atoms with Gasteiger partial charge >= 0.3 is 0 Å². The van der Waals surface area contributed by atoms with Gasteiger partial charge in [-0.3, -0.25) is 0 Å². The van der Waals surface area contributed by atoms with Gasteiger partial charge in [-0.25, -0.2) is 8.42 Å². The number of hydrogen-bond donors (Lipinski definition) is 0. The molecule has 7 heteroatoms. The maximum absolute atomic E-state index is 12.8. The second kappa shape index (κ2) is 7.18.